The fourth-order valence-electron chi connectivity index (χ4n) is 2.39. The molecule has 3 aromatic rings. The minimum atomic E-state index is -0.421. The summed E-state index contributed by atoms with van der Waals surface area (Å²) in [5.74, 6) is -0.364. The number of hydrogen-bond donors (Lipinski definition) is 2. The van der Waals surface area contributed by atoms with Crippen LogP contribution in [0.3, 0.4) is 0 Å². The maximum atomic E-state index is 12.8. The lowest BCUT2D eigenvalue weighted by molar-refractivity contribution is 0.102. The Morgan fingerprint density at radius 3 is 2.63 bits per heavy atom. The Bertz CT molecular complexity index is 961. The van der Waals surface area contributed by atoms with Crippen molar-refractivity contribution in [3.63, 3.8) is 0 Å². The third-order valence-electron chi connectivity index (χ3n) is 3.56. The van der Waals surface area contributed by atoms with Gasteiger partial charge in [0.25, 0.3) is 11.8 Å². The number of anilines is 2. The van der Waals surface area contributed by atoms with Crippen LogP contribution in [0.1, 0.15) is 27.6 Å². The van der Waals surface area contributed by atoms with Crippen LogP contribution < -0.4 is 15.4 Å². The molecule has 0 fully saturated rings. The smallest absolute Gasteiger partial charge is 0.259 e. The van der Waals surface area contributed by atoms with E-state index >= 15 is 0 Å². The number of hydrogen-bond acceptors (Lipinski definition) is 5. The molecule has 8 heteroatoms. The van der Waals surface area contributed by atoms with Gasteiger partial charge in [-0.2, -0.15) is 0 Å². The Morgan fingerprint density at radius 2 is 1.89 bits per heavy atom. The number of carbonyl (C=O) groups excluding carboxylic acids is 2. The molecule has 0 atom stereocenters. The minimum Gasteiger partial charge on any atom is -0.493 e. The summed E-state index contributed by atoms with van der Waals surface area (Å²) < 4.78 is 5.49. The average Bonchev–Trinajstić information content (AvgIpc) is 3.16. The second-order valence-electron chi connectivity index (χ2n) is 5.36. The quantitative estimate of drug-likeness (QED) is 0.627. The lowest BCUT2D eigenvalue weighted by Gasteiger charge is -2.13. The molecule has 0 radical (unpaired) electrons. The Balaban J connectivity index is 1.85. The minimum absolute atomic E-state index is 0.291. The molecule has 0 aliphatic rings. The molecule has 0 bridgehead atoms. The van der Waals surface area contributed by atoms with Crippen molar-refractivity contribution >= 4 is 45.6 Å². The molecule has 1 heterocycles. The highest BCUT2D eigenvalue weighted by molar-refractivity contribution is 7.13. The zero-order chi connectivity index (χ0) is 19.2. The Kier molecular flexibility index (Phi) is 6.05. The normalized spacial score (nSPS) is 10.3. The number of amides is 2. The summed E-state index contributed by atoms with van der Waals surface area (Å²) >= 11 is 7.33. The molecule has 0 spiro atoms. The van der Waals surface area contributed by atoms with Crippen LogP contribution in [0.4, 0.5) is 10.8 Å². The summed E-state index contributed by atoms with van der Waals surface area (Å²) in [6.45, 7) is 2.24. The monoisotopic (exact) mass is 401 g/mol. The number of nitrogens with zero attached hydrogens (tertiary/aromatic N) is 1. The largest absolute Gasteiger partial charge is 0.493 e. The summed E-state index contributed by atoms with van der Waals surface area (Å²) in [4.78, 5) is 29.3. The van der Waals surface area contributed by atoms with Gasteiger partial charge in [0.2, 0.25) is 0 Å². The molecule has 0 saturated carbocycles. The van der Waals surface area contributed by atoms with Crippen molar-refractivity contribution in [3.05, 3.63) is 70.2 Å². The fourth-order valence-corrected chi connectivity index (χ4v) is 3.09. The standard InChI is InChI=1S/C19H16ClN3O3S/c1-2-26-16-8-7-12(20)11-14(16)18(25)22-15-6-4-3-5-13(15)17(24)23-19-21-9-10-27-19/h3-11H,2H2,1H3,(H,22,25)(H,21,23,24). The first kappa shape index (κ1) is 18.9. The van der Waals surface area contributed by atoms with Gasteiger partial charge in [-0.15, -0.1) is 11.3 Å². The van der Waals surface area contributed by atoms with Gasteiger partial charge in [0, 0.05) is 16.6 Å². The Labute approximate surface area is 165 Å². The van der Waals surface area contributed by atoms with E-state index in [0.717, 1.165) is 0 Å². The number of thiazole rings is 1. The van der Waals surface area contributed by atoms with Gasteiger partial charge in [-0.25, -0.2) is 4.98 Å². The number of para-hydroxylation sites is 1. The van der Waals surface area contributed by atoms with E-state index in [-0.39, 0.29) is 5.91 Å². The molecule has 1 aromatic heterocycles. The molecule has 0 unspecified atom stereocenters. The van der Waals surface area contributed by atoms with Crippen LogP contribution in [0.15, 0.2) is 54.0 Å². The van der Waals surface area contributed by atoms with Crippen molar-refractivity contribution in [1.29, 1.82) is 0 Å². The van der Waals surface area contributed by atoms with Crippen molar-refractivity contribution in [1.82, 2.24) is 4.98 Å². The van der Waals surface area contributed by atoms with E-state index in [1.165, 1.54) is 17.4 Å². The topological polar surface area (TPSA) is 80.3 Å². The average molecular weight is 402 g/mol. The molecule has 3 rings (SSSR count). The molecular weight excluding hydrogens is 386 g/mol. The molecule has 2 amide bonds. The van der Waals surface area contributed by atoms with Crippen molar-refractivity contribution in [3.8, 4) is 5.75 Å². The molecule has 0 saturated heterocycles. The van der Waals surface area contributed by atoms with E-state index in [1.54, 1.807) is 48.0 Å². The SMILES string of the molecule is CCOc1ccc(Cl)cc1C(=O)Nc1ccccc1C(=O)Nc1nccs1. The first-order chi connectivity index (χ1) is 13.1. The van der Waals surface area contributed by atoms with E-state index in [1.807, 2.05) is 6.92 Å². The van der Waals surface area contributed by atoms with Gasteiger partial charge in [0.05, 0.1) is 23.4 Å². The van der Waals surface area contributed by atoms with Crippen LogP contribution >= 0.6 is 22.9 Å². The molecule has 2 aromatic carbocycles. The number of benzene rings is 2. The third kappa shape index (κ3) is 4.64. The number of carbonyl (C=O) groups is 2. The van der Waals surface area contributed by atoms with E-state index in [2.05, 4.69) is 15.6 Å². The van der Waals surface area contributed by atoms with Crippen LogP contribution in [0, 0.1) is 0 Å². The lowest BCUT2D eigenvalue weighted by atomic mass is 10.1. The second kappa shape index (κ2) is 8.66. The van der Waals surface area contributed by atoms with E-state index < -0.39 is 5.91 Å². The zero-order valence-corrected chi connectivity index (χ0v) is 15.9. The number of nitrogens with one attached hydrogen (secondary N) is 2. The molecule has 6 nitrogen and oxygen atoms in total. The predicted octanol–water partition coefficient (Wildman–Crippen LogP) is 4.70. The molecule has 138 valence electrons. The summed E-state index contributed by atoms with van der Waals surface area (Å²) in [5, 5.41) is 8.12. The van der Waals surface area contributed by atoms with Gasteiger partial charge in [-0.05, 0) is 37.3 Å². The van der Waals surface area contributed by atoms with Gasteiger partial charge in [-0.3, -0.25) is 14.9 Å². The predicted molar refractivity (Wildman–Crippen MR) is 107 cm³/mol. The highest BCUT2D eigenvalue weighted by Crippen LogP contribution is 2.25. The number of halogens is 1. The van der Waals surface area contributed by atoms with Crippen molar-refractivity contribution in [2.45, 2.75) is 6.92 Å². The van der Waals surface area contributed by atoms with Crippen LogP contribution in [0.2, 0.25) is 5.02 Å². The van der Waals surface area contributed by atoms with Gasteiger partial charge < -0.3 is 10.1 Å². The zero-order valence-electron chi connectivity index (χ0n) is 14.4. The van der Waals surface area contributed by atoms with Crippen LogP contribution in [0.5, 0.6) is 5.75 Å². The summed E-state index contributed by atoms with van der Waals surface area (Å²) in [7, 11) is 0. The van der Waals surface area contributed by atoms with Gasteiger partial charge in [0.15, 0.2) is 5.13 Å². The molecule has 0 aliphatic heterocycles. The molecule has 0 aliphatic carbocycles. The van der Waals surface area contributed by atoms with E-state index in [9.17, 15) is 9.59 Å². The van der Waals surface area contributed by atoms with Crippen LogP contribution in [0.25, 0.3) is 0 Å². The maximum Gasteiger partial charge on any atom is 0.259 e. The fraction of sp³-hybridized carbons (Fsp3) is 0.105. The first-order valence-corrected chi connectivity index (χ1v) is 9.38. The van der Waals surface area contributed by atoms with Gasteiger partial charge >= 0.3 is 0 Å². The molecule has 2 N–H and O–H groups in total. The van der Waals surface area contributed by atoms with Crippen molar-refractivity contribution < 1.29 is 14.3 Å². The lowest BCUT2D eigenvalue weighted by Crippen LogP contribution is -2.19. The number of ether oxygens (including phenoxy) is 1. The van der Waals surface area contributed by atoms with Crippen LogP contribution in [-0.2, 0) is 0 Å². The number of rotatable bonds is 6. The second-order valence-corrected chi connectivity index (χ2v) is 6.70. The highest BCUT2D eigenvalue weighted by Gasteiger charge is 2.18. The molecular formula is C19H16ClN3O3S. The van der Waals surface area contributed by atoms with Gasteiger partial charge in [0.1, 0.15) is 5.75 Å². The maximum absolute atomic E-state index is 12.8. The van der Waals surface area contributed by atoms with E-state index in [4.69, 9.17) is 16.3 Å². The van der Waals surface area contributed by atoms with Crippen molar-refractivity contribution in [2.75, 3.05) is 17.2 Å². The van der Waals surface area contributed by atoms with Crippen molar-refractivity contribution in [2.24, 2.45) is 0 Å². The van der Waals surface area contributed by atoms with Gasteiger partial charge in [-0.1, -0.05) is 23.7 Å². The number of aromatic nitrogens is 1. The van der Waals surface area contributed by atoms with Crippen LogP contribution in [-0.4, -0.2) is 23.4 Å². The molecule has 27 heavy (non-hydrogen) atoms. The Hall–Kier alpha value is -2.90. The first-order valence-electron chi connectivity index (χ1n) is 8.12. The Morgan fingerprint density at radius 1 is 1.11 bits per heavy atom. The summed E-state index contributed by atoms with van der Waals surface area (Å²) in [5.41, 5.74) is 0.986. The van der Waals surface area contributed by atoms with E-state index in [0.29, 0.717) is 39.3 Å². The summed E-state index contributed by atoms with van der Waals surface area (Å²) in [6, 6.07) is 11.6. The third-order valence-corrected chi connectivity index (χ3v) is 4.48. The highest BCUT2D eigenvalue weighted by atomic mass is 35.5. The summed E-state index contributed by atoms with van der Waals surface area (Å²) in [6.07, 6.45) is 1.60.